The van der Waals surface area contributed by atoms with Gasteiger partial charge in [0, 0.05) is 30.9 Å². The van der Waals surface area contributed by atoms with E-state index in [0.717, 1.165) is 55.4 Å². The third-order valence-corrected chi connectivity index (χ3v) is 6.96. The molecular formula is C19H27ClN4O2S. The van der Waals surface area contributed by atoms with Gasteiger partial charge in [0.15, 0.2) is 0 Å². The van der Waals surface area contributed by atoms with Gasteiger partial charge in [-0.1, -0.05) is 0 Å². The van der Waals surface area contributed by atoms with E-state index in [9.17, 15) is 9.59 Å². The molecular weight excluding hydrogens is 384 g/mol. The number of aryl methyl sites for hydroxylation is 3. The fourth-order valence-corrected chi connectivity index (χ4v) is 5.35. The Labute approximate surface area is 169 Å². The second kappa shape index (κ2) is 8.71. The molecule has 1 aliphatic heterocycles. The number of hydrogen-bond acceptors (Lipinski definition) is 5. The van der Waals surface area contributed by atoms with Crippen LogP contribution in [0.15, 0.2) is 11.1 Å². The molecule has 6 nitrogen and oxygen atoms in total. The summed E-state index contributed by atoms with van der Waals surface area (Å²) in [6.07, 6.45) is 8.35. The van der Waals surface area contributed by atoms with Crippen molar-refractivity contribution in [2.45, 2.75) is 57.5 Å². The number of fused-ring (bicyclic) bond motifs is 3. The number of nitrogens with one attached hydrogen (secondary N) is 1. The van der Waals surface area contributed by atoms with Crippen LogP contribution in [0.3, 0.4) is 0 Å². The SMILES string of the molecule is CN(C(=O)CCn1cnc2sc3c(c2c1=O)CCCC3)C1CCNCC1.Cl. The Hall–Kier alpha value is -1.44. The smallest absolute Gasteiger partial charge is 0.262 e. The monoisotopic (exact) mass is 410 g/mol. The van der Waals surface area contributed by atoms with Crippen molar-refractivity contribution >= 4 is 39.9 Å². The standard InChI is InChI=1S/C19H26N4O2S.ClH/c1-22(13-6-9-20-10-7-13)16(24)8-11-23-12-21-18-17(19(23)25)14-4-2-3-5-15(14)26-18;/h12-13,20H,2-11H2,1H3;1H. The van der Waals surface area contributed by atoms with Crippen molar-refractivity contribution in [3.63, 3.8) is 0 Å². The summed E-state index contributed by atoms with van der Waals surface area (Å²) in [4.78, 5) is 34.0. The minimum atomic E-state index is 0. The van der Waals surface area contributed by atoms with E-state index in [2.05, 4.69) is 10.3 Å². The van der Waals surface area contributed by atoms with Crippen LogP contribution in [0.5, 0.6) is 0 Å². The first-order valence-electron chi connectivity index (χ1n) is 9.61. The maximum absolute atomic E-state index is 12.9. The Kier molecular flexibility index (Phi) is 6.55. The molecule has 0 saturated carbocycles. The van der Waals surface area contributed by atoms with E-state index in [1.54, 1.807) is 22.2 Å². The van der Waals surface area contributed by atoms with Crippen LogP contribution in [0.2, 0.25) is 0 Å². The van der Waals surface area contributed by atoms with Gasteiger partial charge in [0.05, 0.1) is 11.7 Å². The highest BCUT2D eigenvalue weighted by Gasteiger charge is 2.23. The lowest BCUT2D eigenvalue weighted by atomic mass is 9.97. The number of carbonyl (C=O) groups is 1. The lowest BCUT2D eigenvalue weighted by Gasteiger charge is -2.31. The predicted octanol–water partition coefficient (Wildman–Crippen LogP) is 2.36. The number of carbonyl (C=O) groups excluding carboxylic acids is 1. The zero-order valence-corrected chi connectivity index (χ0v) is 17.3. The highest BCUT2D eigenvalue weighted by Crippen LogP contribution is 2.33. The lowest BCUT2D eigenvalue weighted by Crippen LogP contribution is -2.44. The fourth-order valence-electron chi connectivity index (χ4n) is 4.13. The number of rotatable bonds is 4. The van der Waals surface area contributed by atoms with Gasteiger partial charge in [0.1, 0.15) is 4.83 Å². The van der Waals surface area contributed by atoms with Gasteiger partial charge in [0.25, 0.3) is 5.56 Å². The van der Waals surface area contributed by atoms with E-state index >= 15 is 0 Å². The number of aromatic nitrogens is 2. The number of piperidine rings is 1. The summed E-state index contributed by atoms with van der Waals surface area (Å²) in [7, 11) is 1.89. The van der Waals surface area contributed by atoms with Gasteiger partial charge in [-0.3, -0.25) is 14.2 Å². The lowest BCUT2D eigenvalue weighted by molar-refractivity contribution is -0.132. The summed E-state index contributed by atoms with van der Waals surface area (Å²) in [5.74, 6) is 0.108. The third kappa shape index (κ3) is 4.05. The highest BCUT2D eigenvalue weighted by molar-refractivity contribution is 7.18. The Morgan fingerprint density at radius 1 is 1.33 bits per heavy atom. The van der Waals surface area contributed by atoms with Crippen molar-refractivity contribution in [3.05, 3.63) is 27.1 Å². The summed E-state index contributed by atoms with van der Waals surface area (Å²) in [6, 6.07) is 0.310. The quantitative estimate of drug-likeness (QED) is 0.840. The summed E-state index contributed by atoms with van der Waals surface area (Å²) in [5, 5.41) is 4.12. The molecule has 2 aromatic rings. The van der Waals surface area contributed by atoms with Crippen molar-refractivity contribution in [2.75, 3.05) is 20.1 Å². The van der Waals surface area contributed by atoms with Crippen LogP contribution in [-0.4, -0.2) is 46.5 Å². The zero-order valence-electron chi connectivity index (χ0n) is 15.7. The topological polar surface area (TPSA) is 67.2 Å². The van der Waals surface area contributed by atoms with Crippen LogP contribution in [0.25, 0.3) is 10.2 Å². The van der Waals surface area contributed by atoms with Gasteiger partial charge in [-0.2, -0.15) is 0 Å². The molecule has 0 radical (unpaired) electrons. The molecule has 0 unspecified atom stereocenters. The molecule has 1 saturated heterocycles. The van der Waals surface area contributed by atoms with E-state index in [-0.39, 0.29) is 23.9 Å². The van der Waals surface area contributed by atoms with Crippen LogP contribution in [-0.2, 0) is 24.2 Å². The molecule has 1 amide bonds. The molecule has 0 spiro atoms. The van der Waals surface area contributed by atoms with Crippen LogP contribution < -0.4 is 10.9 Å². The molecule has 1 fully saturated rings. The van der Waals surface area contributed by atoms with Crippen LogP contribution in [0, 0.1) is 0 Å². The molecule has 148 valence electrons. The first-order chi connectivity index (χ1) is 12.6. The van der Waals surface area contributed by atoms with Crippen molar-refractivity contribution in [2.24, 2.45) is 0 Å². The third-order valence-electron chi connectivity index (χ3n) is 5.76. The Balaban J connectivity index is 0.00000210. The van der Waals surface area contributed by atoms with E-state index in [4.69, 9.17) is 0 Å². The number of halogens is 1. The molecule has 1 N–H and O–H groups in total. The molecule has 3 heterocycles. The molecule has 27 heavy (non-hydrogen) atoms. The van der Waals surface area contributed by atoms with Crippen molar-refractivity contribution in [3.8, 4) is 0 Å². The van der Waals surface area contributed by atoms with Gasteiger partial charge in [-0.05, 0) is 57.2 Å². The second-order valence-corrected chi connectivity index (χ2v) is 8.45. The van der Waals surface area contributed by atoms with Gasteiger partial charge < -0.3 is 10.2 Å². The maximum Gasteiger partial charge on any atom is 0.262 e. The van der Waals surface area contributed by atoms with Crippen molar-refractivity contribution in [1.29, 1.82) is 0 Å². The van der Waals surface area contributed by atoms with Crippen LogP contribution >= 0.6 is 23.7 Å². The maximum atomic E-state index is 12.9. The van der Waals surface area contributed by atoms with E-state index in [0.29, 0.717) is 19.0 Å². The van der Waals surface area contributed by atoms with E-state index < -0.39 is 0 Å². The molecule has 2 aliphatic rings. The summed E-state index contributed by atoms with van der Waals surface area (Å²) >= 11 is 1.67. The summed E-state index contributed by atoms with van der Waals surface area (Å²) < 4.78 is 1.62. The first-order valence-corrected chi connectivity index (χ1v) is 10.4. The predicted molar refractivity (Wildman–Crippen MR) is 111 cm³/mol. The number of nitrogens with zero attached hydrogens (tertiary/aromatic N) is 3. The van der Waals surface area contributed by atoms with Crippen LogP contribution in [0.1, 0.15) is 42.5 Å². The normalized spacial score (nSPS) is 17.4. The van der Waals surface area contributed by atoms with Gasteiger partial charge in [-0.25, -0.2) is 4.98 Å². The van der Waals surface area contributed by atoms with E-state index in [1.165, 1.54) is 16.9 Å². The average Bonchev–Trinajstić information content (AvgIpc) is 3.06. The Bertz CT molecular complexity index is 872. The van der Waals surface area contributed by atoms with Gasteiger partial charge >= 0.3 is 0 Å². The van der Waals surface area contributed by atoms with Gasteiger partial charge in [-0.15, -0.1) is 23.7 Å². The minimum absolute atomic E-state index is 0. The number of hydrogen-bond donors (Lipinski definition) is 1. The summed E-state index contributed by atoms with van der Waals surface area (Å²) in [5.41, 5.74) is 1.23. The van der Waals surface area contributed by atoms with E-state index in [1.807, 2.05) is 11.9 Å². The summed E-state index contributed by atoms with van der Waals surface area (Å²) in [6.45, 7) is 2.33. The highest BCUT2D eigenvalue weighted by atomic mass is 35.5. The van der Waals surface area contributed by atoms with Gasteiger partial charge in [0.2, 0.25) is 5.91 Å². The molecule has 2 aromatic heterocycles. The largest absolute Gasteiger partial charge is 0.343 e. The second-order valence-electron chi connectivity index (χ2n) is 7.37. The Morgan fingerprint density at radius 2 is 2.07 bits per heavy atom. The molecule has 4 rings (SSSR count). The first kappa shape index (κ1) is 20.3. The van der Waals surface area contributed by atoms with Crippen molar-refractivity contribution in [1.82, 2.24) is 19.8 Å². The molecule has 1 aliphatic carbocycles. The minimum Gasteiger partial charge on any atom is -0.343 e. The molecule has 0 atom stereocenters. The molecule has 8 heteroatoms. The van der Waals surface area contributed by atoms with Crippen LogP contribution in [0.4, 0.5) is 0 Å². The fraction of sp³-hybridized carbons (Fsp3) is 0.632. The molecule has 0 aromatic carbocycles. The molecule has 0 bridgehead atoms. The Morgan fingerprint density at radius 3 is 2.85 bits per heavy atom. The van der Waals surface area contributed by atoms with Crippen molar-refractivity contribution < 1.29 is 4.79 Å². The average molecular weight is 411 g/mol. The number of amides is 1. The number of thiophene rings is 1. The zero-order chi connectivity index (χ0) is 18.1.